The fourth-order valence-corrected chi connectivity index (χ4v) is 2.87. The number of hydrogen-bond donors (Lipinski definition) is 1. The summed E-state index contributed by atoms with van der Waals surface area (Å²) in [5.41, 5.74) is 8.00. The maximum atomic E-state index is 6.09. The molecule has 0 saturated carbocycles. The second-order valence-electron chi connectivity index (χ2n) is 5.77. The van der Waals surface area contributed by atoms with Crippen LogP contribution in [0.5, 0.6) is 11.5 Å². The number of para-hydroxylation sites is 2. The van der Waals surface area contributed by atoms with Crippen molar-refractivity contribution >= 4 is 0 Å². The summed E-state index contributed by atoms with van der Waals surface area (Å²) in [6, 6.07) is 15.7. The Morgan fingerprint density at radius 2 is 1.78 bits per heavy atom. The number of fused-ring (bicyclic) bond motifs is 2. The molecule has 2 unspecified atom stereocenters. The van der Waals surface area contributed by atoms with E-state index in [1.165, 1.54) is 0 Å². The van der Waals surface area contributed by atoms with Gasteiger partial charge in [0.2, 0.25) is 11.8 Å². The fourth-order valence-electron chi connectivity index (χ4n) is 2.87. The Hall–Kier alpha value is -2.66. The maximum Gasteiger partial charge on any atom is 0.232 e. The predicted octanol–water partition coefficient (Wildman–Crippen LogP) is 3.57. The van der Waals surface area contributed by atoms with Crippen LogP contribution in [0.15, 0.2) is 52.9 Å². The Bertz CT molecular complexity index is 842. The second-order valence-corrected chi connectivity index (χ2v) is 5.77. The first kappa shape index (κ1) is 14.0. The van der Waals surface area contributed by atoms with Crippen LogP contribution in [0.4, 0.5) is 0 Å². The van der Waals surface area contributed by atoms with Crippen LogP contribution < -0.4 is 10.5 Å². The van der Waals surface area contributed by atoms with Crippen LogP contribution in [-0.2, 0) is 6.42 Å². The standard InChI is InChI=1S/C18H17N3O2/c1-11(19)17-20-21-18(23-17)14-10-12-6-2-4-8-15(12)22-16-9-5-3-7-13(14)16/h2-9,11,14H,10,19H2,1H3. The van der Waals surface area contributed by atoms with Crippen LogP contribution in [0, 0.1) is 0 Å². The zero-order valence-corrected chi connectivity index (χ0v) is 12.8. The summed E-state index contributed by atoms with van der Waals surface area (Å²) in [6.07, 6.45) is 0.744. The van der Waals surface area contributed by atoms with E-state index in [-0.39, 0.29) is 12.0 Å². The van der Waals surface area contributed by atoms with Gasteiger partial charge < -0.3 is 14.9 Å². The molecule has 1 aliphatic rings. The molecule has 5 heteroatoms. The van der Waals surface area contributed by atoms with E-state index in [1.807, 2.05) is 49.4 Å². The number of nitrogens with zero attached hydrogens (tertiary/aromatic N) is 2. The normalized spacial score (nSPS) is 17.6. The first-order valence-corrected chi connectivity index (χ1v) is 7.66. The van der Waals surface area contributed by atoms with Crippen molar-refractivity contribution in [2.75, 3.05) is 0 Å². The van der Waals surface area contributed by atoms with Crippen molar-refractivity contribution in [2.24, 2.45) is 5.73 Å². The third-order valence-corrected chi connectivity index (χ3v) is 4.05. The minimum Gasteiger partial charge on any atom is -0.457 e. The molecule has 0 aliphatic carbocycles. The van der Waals surface area contributed by atoms with E-state index in [0.29, 0.717) is 11.8 Å². The van der Waals surface area contributed by atoms with Crippen LogP contribution in [0.3, 0.4) is 0 Å². The molecule has 0 spiro atoms. The third-order valence-electron chi connectivity index (χ3n) is 4.05. The summed E-state index contributed by atoms with van der Waals surface area (Å²) in [6.45, 7) is 1.83. The summed E-state index contributed by atoms with van der Waals surface area (Å²) in [4.78, 5) is 0. The van der Waals surface area contributed by atoms with Gasteiger partial charge in [-0.2, -0.15) is 0 Å². The summed E-state index contributed by atoms with van der Waals surface area (Å²) in [5.74, 6) is 2.67. The predicted molar refractivity (Wildman–Crippen MR) is 85.4 cm³/mol. The molecule has 0 saturated heterocycles. The van der Waals surface area contributed by atoms with E-state index in [2.05, 4.69) is 16.3 Å². The highest BCUT2D eigenvalue weighted by Gasteiger charge is 2.28. The lowest BCUT2D eigenvalue weighted by molar-refractivity contribution is 0.411. The summed E-state index contributed by atoms with van der Waals surface area (Å²) in [5, 5.41) is 8.29. The van der Waals surface area contributed by atoms with Gasteiger partial charge in [-0.25, -0.2) is 0 Å². The molecule has 3 aromatic rings. The molecule has 4 rings (SSSR count). The lowest BCUT2D eigenvalue weighted by Crippen LogP contribution is -2.05. The van der Waals surface area contributed by atoms with E-state index in [4.69, 9.17) is 14.9 Å². The largest absolute Gasteiger partial charge is 0.457 e. The number of nitrogens with two attached hydrogens (primary N) is 1. The summed E-state index contributed by atoms with van der Waals surface area (Å²) in [7, 11) is 0. The molecule has 2 heterocycles. The number of benzene rings is 2. The van der Waals surface area contributed by atoms with Crippen LogP contribution in [0.2, 0.25) is 0 Å². The highest BCUT2D eigenvalue weighted by molar-refractivity contribution is 5.48. The molecule has 2 aromatic carbocycles. The number of rotatable bonds is 2. The Morgan fingerprint density at radius 3 is 2.57 bits per heavy atom. The average molecular weight is 307 g/mol. The van der Waals surface area contributed by atoms with Crippen LogP contribution in [0.1, 0.15) is 41.8 Å². The Kier molecular flexibility index (Phi) is 3.35. The highest BCUT2D eigenvalue weighted by Crippen LogP contribution is 2.41. The third kappa shape index (κ3) is 2.49. The minimum atomic E-state index is -0.277. The van der Waals surface area contributed by atoms with E-state index >= 15 is 0 Å². The van der Waals surface area contributed by atoms with Gasteiger partial charge in [0.25, 0.3) is 0 Å². The fraction of sp³-hybridized carbons (Fsp3) is 0.222. The molecule has 1 aliphatic heterocycles. The lowest BCUT2D eigenvalue weighted by Gasteiger charge is -2.12. The Balaban J connectivity index is 1.84. The molecule has 1 aromatic heterocycles. The molecule has 2 N–H and O–H groups in total. The van der Waals surface area contributed by atoms with Crippen molar-refractivity contribution in [1.82, 2.24) is 10.2 Å². The van der Waals surface area contributed by atoms with Gasteiger partial charge in [0.05, 0.1) is 12.0 Å². The van der Waals surface area contributed by atoms with E-state index < -0.39 is 0 Å². The van der Waals surface area contributed by atoms with Crippen LogP contribution in [-0.4, -0.2) is 10.2 Å². The van der Waals surface area contributed by atoms with Gasteiger partial charge in [-0.3, -0.25) is 0 Å². The van der Waals surface area contributed by atoms with Gasteiger partial charge in [-0.1, -0.05) is 36.4 Å². The van der Waals surface area contributed by atoms with E-state index in [1.54, 1.807) is 0 Å². The first-order chi connectivity index (χ1) is 11.2. The smallest absolute Gasteiger partial charge is 0.232 e. The molecule has 0 bridgehead atoms. The van der Waals surface area contributed by atoms with Crippen molar-refractivity contribution in [1.29, 1.82) is 0 Å². The van der Waals surface area contributed by atoms with Crippen molar-refractivity contribution in [3.8, 4) is 11.5 Å². The van der Waals surface area contributed by atoms with Crippen molar-refractivity contribution in [2.45, 2.75) is 25.3 Å². The molecule has 5 nitrogen and oxygen atoms in total. The SMILES string of the molecule is CC(N)c1nnc(C2Cc3ccccc3Oc3ccccc32)o1. The summed E-state index contributed by atoms with van der Waals surface area (Å²) >= 11 is 0. The van der Waals surface area contributed by atoms with Crippen LogP contribution >= 0.6 is 0 Å². The van der Waals surface area contributed by atoms with Gasteiger partial charge in [-0.15, -0.1) is 10.2 Å². The van der Waals surface area contributed by atoms with Crippen molar-refractivity contribution in [3.63, 3.8) is 0 Å². The molecule has 116 valence electrons. The second kappa shape index (κ2) is 5.52. The molecule has 0 radical (unpaired) electrons. The summed E-state index contributed by atoms with van der Waals surface area (Å²) < 4.78 is 11.9. The number of hydrogen-bond acceptors (Lipinski definition) is 5. The lowest BCUT2D eigenvalue weighted by atomic mass is 9.92. The first-order valence-electron chi connectivity index (χ1n) is 7.66. The average Bonchev–Trinajstić information content (AvgIpc) is 2.98. The molecule has 23 heavy (non-hydrogen) atoms. The Morgan fingerprint density at radius 1 is 1.04 bits per heavy atom. The molecular weight excluding hydrogens is 290 g/mol. The maximum absolute atomic E-state index is 6.09. The van der Waals surface area contributed by atoms with Gasteiger partial charge >= 0.3 is 0 Å². The Labute approximate surface area is 134 Å². The molecule has 0 amide bonds. The molecule has 0 fully saturated rings. The molecular formula is C18H17N3O2. The van der Waals surface area contributed by atoms with Gasteiger partial charge in [0, 0.05) is 5.56 Å². The van der Waals surface area contributed by atoms with Crippen molar-refractivity contribution < 1.29 is 9.15 Å². The van der Waals surface area contributed by atoms with Crippen LogP contribution in [0.25, 0.3) is 0 Å². The minimum absolute atomic E-state index is 0.0464. The quantitative estimate of drug-likeness (QED) is 0.783. The van der Waals surface area contributed by atoms with Gasteiger partial charge in [0.15, 0.2) is 0 Å². The number of ether oxygens (including phenoxy) is 1. The van der Waals surface area contributed by atoms with Crippen molar-refractivity contribution in [3.05, 3.63) is 71.4 Å². The zero-order chi connectivity index (χ0) is 15.8. The van der Waals surface area contributed by atoms with Gasteiger partial charge in [-0.05, 0) is 31.0 Å². The topological polar surface area (TPSA) is 74.2 Å². The number of aromatic nitrogens is 2. The molecule has 2 atom stereocenters. The van der Waals surface area contributed by atoms with Gasteiger partial charge in [0.1, 0.15) is 11.5 Å². The monoisotopic (exact) mass is 307 g/mol. The van der Waals surface area contributed by atoms with E-state index in [9.17, 15) is 0 Å². The zero-order valence-electron chi connectivity index (χ0n) is 12.8. The highest BCUT2D eigenvalue weighted by atomic mass is 16.5. The van der Waals surface area contributed by atoms with E-state index in [0.717, 1.165) is 29.0 Å².